The van der Waals surface area contributed by atoms with E-state index in [-0.39, 0.29) is 24.1 Å². The van der Waals surface area contributed by atoms with E-state index in [2.05, 4.69) is 76.6 Å². The van der Waals surface area contributed by atoms with E-state index in [1.807, 2.05) is 0 Å². The van der Waals surface area contributed by atoms with Crippen LogP contribution >= 0.6 is 0 Å². The van der Waals surface area contributed by atoms with Gasteiger partial charge >= 0.3 is 11.9 Å². The minimum atomic E-state index is -0.343. The Bertz CT molecular complexity index is 817. The molecule has 0 amide bonds. The molecule has 1 fully saturated rings. The molecule has 1 aliphatic heterocycles. The van der Waals surface area contributed by atoms with Crippen LogP contribution in [0.1, 0.15) is 168 Å². The summed E-state index contributed by atoms with van der Waals surface area (Å²) in [5, 5.41) is 0. The van der Waals surface area contributed by atoms with Crippen LogP contribution in [0, 0.1) is 0 Å². The van der Waals surface area contributed by atoms with Gasteiger partial charge in [-0.3, -0.25) is 9.59 Å². The maximum Gasteiger partial charge on any atom is 0.306 e. The van der Waals surface area contributed by atoms with Gasteiger partial charge in [0, 0.05) is 12.8 Å². The van der Waals surface area contributed by atoms with E-state index in [0.29, 0.717) is 30.4 Å². The first-order valence-corrected chi connectivity index (χ1v) is 19.7. The smallest absolute Gasteiger partial charge is 0.306 e. The average molecular weight is 657 g/mol. The quantitative estimate of drug-likeness (QED) is 0.0334. The number of unbranched alkanes of at least 4 members (excludes halogenated alkanes) is 16. The number of hydrogen-bond donors (Lipinski definition) is 0. The number of nitrogens with zero attached hydrogens (tertiary/aromatic N) is 1. The van der Waals surface area contributed by atoms with Crippen LogP contribution in [0.3, 0.4) is 0 Å². The molecule has 270 valence electrons. The molecule has 0 spiro atoms. The monoisotopic (exact) mass is 657 g/mol. The number of esters is 2. The van der Waals surface area contributed by atoms with E-state index in [9.17, 15) is 9.59 Å². The second kappa shape index (κ2) is 30.0. The zero-order valence-electron chi connectivity index (χ0n) is 31.2. The van der Waals surface area contributed by atoms with E-state index in [1.165, 1.54) is 77.0 Å². The van der Waals surface area contributed by atoms with Gasteiger partial charge in [-0.2, -0.15) is 0 Å². The summed E-state index contributed by atoms with van der Waals surface area (Å²) in [7, 11) is 4.21. The highest BCUT2D eigenvalue weighted by atomic mass is 16.6. The fourth-order valence-electron chi connectivity index (χ4n) is 6.13. The number of ether oxygens (including phenoxy) is 2. The zero-order chi connectivity index (χ0) is 34.3. The summed E-state index contributed by atoms with van der Waals surface area (Å²) in [5.41, 5.74) is 0. The van der Waals surface area contributed by atoms with Crippen molar-refractivity contribution in [1.29, 1.82) is 0 Å². The van der Waals surface area contributed by atoms with Gasteiger partial charge in [0.2, 0.25) is 0 Å². The molecule has 47 heavy (non-hydrogen) atoms. The van der Waals surface area contributed by atoms with Crippen molar-refractivity contribution in [3.63, 3.8) is 0 Å². The van der Waals surface area contributed by atoms with Crippen LogP contribution in [0.5, 0.6) is 0 Å². The van der Waals surface area contributed by atoms with Crippen molar-refractivity contribution in [3.8, 4) is 0 Å². The van der Waals surface area contributed by atoms with Gasteiger partial charge in [0.15, 0.2) is 12.2 Å². The van der Waals surface area contributed by atoms with Crippen LogP contribution in [0.2, 0.25) is 0 Å². The summed E-state index contributed by atoms with van der Waals surface area (Å²) in [4.78, 5) is 25.2. The molecule has 0 aliphatic carbocycles. The molecule has 0 radical (unpaired) electrons. The molecule has 0 aromatic rings. The van der Waals surface area contributed by atoms with Crippen LogP contribution in [0.4, 0.5) is 0 Å². The number of carbonyl (C=O) groups is 2. The standard InChI is InChI=1S/C42H74NO4/c1-5-7-9-11-13-15-17-19-21-23-25-27-29-31-33-35-41(44)46-39-37-43(3,4)38-40(39)47-42(45)36-34-32-30-28-26-24-22-20-18-16-14-12-10-8-6-2/h13-16,19-22,39-40H,5-12,17-18,23-38H2,1-4H3/q+1/b15-13-,16-14-,21-19-,22-20-. The minimum Gasteiger partial charge on any atom is -0.452 e. The maximum absolute atomic E-state index is 12.6. The molecule has 1 rings (SSSR count). The summed E-state index contributed by atoms with van der Waals surface area (Å²) in [5.74, 6) is -0.310. The van der Waals surface area contributed by atoms with Crippen LogP contribution in [0.25, 0.3) is 0 Å². The molecule has 0 bridgehead atoms. The third kappa shape index (κ3) is 26.5. The summed E-state index contributed by atoms with van der Waals surface area (Å²) >= 11 is 0. The van der Waals surface area contributed by atoms with Crippen LogP contribution in [-0.2, 0) is 19.1 Å². The highest BCUT2D eigenvalue weighted by Crippen LogP contribution is 2.23. The van der Waals surface area contributed by atoms with Crippen molar-refractivity contribution in [2.45, 2.75) is 180 Å². The number of likely N-dealkylation sites (tertiary alicyclic amines) is 1. The van der Waals surface area contributed by atoms with Crippen molar-refractivity contribution in [2.75, 3.05) is 27.2 Å². The van der Waals surface area contributed by atoms with E-state index in [1.54, 1.807) is 0 Å². The van der Waals surface area contributed by atoms with Gasteiger partial charge in [-0.15, -0.1) is 0 Å². The Balaban J connectivity index is 2.10. The van der Waals surface area contributed by atoms with Gasteiger partial charge in [0.05, 0.1) is 14.1 Å². The van der Waals surface area contributed by atoms with E-state index in [4.69, 9.17) is 9.47 Å². The second-order valence-electron chi connectivity index (χ2n) is 14.3. The van der Waals surface area contributed by atoms with Crippen molar-refractivity contribution < 1.29 is 23.5 Å². The van der Waals surface area contributed by atoms with Crippen molar-refractivity contribution in [2.24, 2.45) is 0 Å². The highest BCUT2D eigenvalue weighted by Gasteiger charge is 2.45. The second-order valence-corrected chi connectivity index (χ2v) is 14.3. The number of quaternary nitrogens is 1. The molecule has 2 atom stereocenters. The first kappa shape index (κ1) is 42.9. The van der Waals surface area contributed by atoms with Crippen molar-refractivity contribution in [3.05, 3.63) is 48.6 Å². The molecular formula is C42H74NO4+. The summed E-state index contributed by atoms with van der Waals surface area (Å²) in [6, 6.07) is 0. The van der Waals surface area contributed by atoms with Gasteiger partial charge in [-0.05, 0) is 77.0 Å². The Morgan fingerprint density at radius 1 is 0.489 bits per heavy atom. The Hall–Kier alpha value is -2.14. The number of hydrogen-bond acceptors (Lipinski definition) is 4. The van der Waals surface area contributed by atoms with Gasteiger partial charge in [-0.1, -0.05) is 127 Å². The topological polar surface area (TPSA) is 52.6 Å². The fraction of sp³-hybridized carbons (Fsp3) is 0.762. The molecule has 1 saturated heterocycles. The summed E-state index contributed by atoms with van der Waals surface area (Å²) < 4.78 is 12.4. The first-order chi connectivity index (χ1) is 22.9. The lowest BCUT2D eigenvalue weighted by Gasteiger charge is -2.22. The Morgan fingerprint density at radius 2 is 0.809 bits per heavy atom. The third-order valence-electron chi connectivity index (χ3n) is 8.99. The van der Waals surface area contributed by atoms with Gasteiger partial charge in [-0.25, -0.2) is 0 Å². The average Bonchev–Trinajstić information content (AvgIpc) is 3.32. The number of allylic oxidation sites excluding steroid dienone is 8. The van der Waals surface area contributed by atoms with Crippen LogP contribution in [-0.4, -0.2) is 55.8 Å². The van der Waals surface area contributed by atoms with Crippen molar-refractivity contribution in [1.82, 2.24) is 0 Å². The normalized spacial score (nSPS) is 18.0. The highest BCUT2D eigenvalue weighted by molar-refractivity contribution is 5.70. The minimum absolute atomic E-state index is 0.155. The molecule has 1 aliphatic rings. The van der Waals surface area contributed by atoms with E-state index in [0.717, 1.165) is 64.2 Å². The SMILES string of the molecule is CCCCC/C=C\C/C=C\CCCCCCCC(=O)OC1C[N+](C)(C)CC1OC(=O)CCCCCCC/C=C\C/C=C\CCCCC. The third-order valence-corrected chi connectivity index (χ3v) is 8.99. The first-order valence-electron chi connectivity index (χ1n) is 19.7. The van der Waals surface area contributed by atoms with Crippen LogP contribution in [0.15, 0.2) is 48.6 Å². The molecule has 0 saturated carbocycles. The fourth-order valence-corrected chi connectivity index (χ4v) is 6.13. The largest absolute Gasteiger partial charge is 0.452 e. The molecule has 5 nitrogen and oxygen atoms in total. The van der Waals surface area contributed by atoms with E-state index >= 15 is 0 Å². The predicted octanol–water partition coefficient (Wildman–Crippen LogP) is 11.5. The summed E-state index contributed by atoms with van der Waals surface area (Å²) in [6.45, 7) is 5.87. The Morgan fingerprint density at radius 3 is 1.17 bits per heavy atom. The molecule has 2 unspecified atom stereocenters. The van der Waals surface area contributed by atoms with E-state index < -0.39 is 0 Å². The molecule has 5 heteroatoms. The lowest BCUT2D eigenvalue weighted by Crippen LogP contribution is -2.38. The Labute approximate surface area is 290 Å². The van der Waals surface area contributed by atoms with Gasteiger partial charge in [0.25, 0.3) is 0 Å². The van der Waals surface area contributed by atoms with Crippen molar-refractivity contribution >= 4 is 11.9 Å². The molecule has 0 aromatic heterocycles. The summed E-state index contributed by atoms with van der Waals surface area (Å²) in [6.07, 6.45) is 44.1. The predicted molar refractivity (Wildman–Crippen MR) is 200 cm³/mol. The van der Waals surface area contributed by atoms with Crippen LogP contribution < -0.4 is 0 Å². The zero-order valence-corrected chi connectivity index (χ0v) is 31.2. The Kier molecular flexibility index (Phi) is 27.3. The van der Waals surface area contributed by atoms with Gasteiger partial charge in [0.1, 0.15) is 13.1 Å². The number of carbonyl (C=O) groups excluding carboxylic acids is 2. The molecule has 0 aromatic carbocycles. The maximum atomic E-state index is 12.6. The molecule has 0 N–H and O–H groups in total. The lowest BCUT2D eigenvalue weighted by atomic mass is 10.1. The number of likely N-dealkylation sites (N-methyl/N-ethyl adjacent to an activating group) is 1. The number of rotatable bonds is 30. The lowest BCUT2D eigenvalue weighted by molar-refractivity contribution is -0.880. The van der Waals surface area contributed by atoms with Gasteiger partial charge < -0.3 is 14.0 Å². The molecule has 1 heterocycles. The molecular weight excluding hydrogens is 582 g/mol.